The molecule has 1 atom stereocenters. The molecule has 0 fully saturated rings. The second kappa shape index (κ2) is 9.03. The van der Waals surface area contributed by atoms with Crippen LogP contribution in [0.1, 0.15) is 36.5 Å². The van der Waals surface area contributed by atoms with E-state index in [1.807, 2.05) is 13.0 Å². The zero-order valence-electron chi connectivity index (χ0n) is 15.6. The molecule has 146 valence electrons. The summed E-state index contributed by atoms with van der Waals surface area (Å²) in [5.74, 6) is -0.782. The van der Waals surface area contributed by atoms with Gasteiger partial charge in [-0.2, -0.15) is 0 Å². The summed E-state index contributed by atoms with van der Waals surface area (Å²) in [6.07, 6.45) is 1.70. The lowest BCUT2D eigenvalue weighted by atomic mass is 10.1. The maximum Gasteiger partial charge on any atom is 0.338 e. The van der Waals surface area contributed by atoms with E-state index in [-0.39, 0.29) is 18.3 Å². The van der Waals surface area contributed by atoms with Crippen LogP contribution >= 0.6 is 0 Å². The number of rotatable bonds is 7. The highest BCUT2D eigenvalue weighted by Crippen LogP contribution is 2.29. The number of nitrogens with one attached hydrogen (secondary N) is 2. The topological polar surface area (TPSA) is 93.7 Å². The second-order valence-corrected chi connectivity index (χ2v) is 6.43. The molecule has 2 aromatic rings. The summed E-state index contributed by atoms with van der Waals surface area (Å²) in [5, 5.41) is 5.73. The van der Waals surface area contributed by atoms with Crippen LogP contribution in [0.5, 0.6) is 5.75 Å². The zero-order chi connectivity index (χ0) is 19.9. The first-order valence-electron chi connectivity index (χ1n) is 9.21. The Morgan fingerprint density at radius 2 is 1.89 bits per heavy atom. The first-order valence-corrected chi connectivity index (χ1v) is 9.21. The number of carbonyl (C=O) groups is 3. The predicted molar refractivity (Wildman–Crippen MR) is 104 cm³/mol. The highest BCUT2D eigenvalue weighted by atomic mass is 16.5. The van der Waals surface area contributed by atoms with Gasteiger partial charge in [-0.05, 0) is 42.8 Å². The fourth-order valence-electron chi connectivity index (χ4n) is 2.71. The lowest BCUT2D eigenvalue weighted by molar-refractivity contribution is -0.137. The summed E-state index contributed by atoms with van der Waals surface area (Å²) in [4.78, 5) is 36.2. The smallest absolute Gasteiger partial charge is 0.338 e. The Labute approximate surface area is 163 Å². The highest BCUT2D eigenvalue weighted by Gasteiger charge is 2.29. The molecule has 7 heteroatoms. The third-order valence-corrected chi connectivity index (χ3v) is 4.24. The van der Waals surface area contributed by atoms with Crippen LogP contribution in [0.3, 0.4) is 0 Å². The van der Waals surface area contributed by atoms with Crippen molar-refractivity contribution in [3.8, 4) is 5.75 Å². The van der Waals surface area contributed by atoms with Gasteiger partial charge in [0.15, 0.2) is 5.75 Å². The van der Waals surface area contributed by atoms with Crippen molar-refractivity contribution in [3.05, 3.63) is 54.1 Å². The molecule has 2 aromatic carbocycles. The number of fused-ring (bicyclic) bond motifs is 1. The van der Waals surface area contributed by atoms with Gasteiger partial charge in [0.1, 0.15) is 6.04 Å². The molecule has 0 aromatic heterocycles. The fraction of sp³-hybridized carbons (Fsp3) is 0.286. The zero-order valence-corrected chi connectivity index (χ0v) is 15.6. The van der Waals surface area contributed by atoms with Gasteiger partial charge in [0.2, 0.25) is 5.91 Å². The maximum absolute atomic E-state index is 12.3. The highest BCUT2D eigenvalue weighted by molar-refractivity contribution is 5.97. The molecule has 1 aliphatic rings. The summed E-state index contributed by atoms with van der Waals surface area (Å²) in [7, 11) is 0. The van der Waals surface area contributed by atoms with Gasteiger partial charge in [-0.1, -0.05) is 25.5 Å². The van der Waals surface area contributed by atoms with Crippen LogP contribution in [-0.2, 0) is 14.3 Å². The number of hydrogen-bond donors (Lipinski definition) is 2. The van der Waals surface area contributed by atoms with Crippen LogP contribution in [-0.4, -0.2) is 30.5 Å². The van der Waals surface area contributed by atoms with E-state index < -0.39 is 12.0 Å². The molecule has 2 N–H and O–H groups in total. The molecule has 1 amide bonds. The van der Waals surface area contributed by atoms with Gasteiger partial charge in [0, 0.05) is 5.69 Å². The van der Waals surface area contributed by atoms with Crippen LogP contribution in [0.4, 0.5) is 11.4 Å². The standard InChI is InChI=1S/C21H22N2O5/c1-2-3-12-27-20(25)14-8-10-15(11-9-14)22-19(24)13-17-21(26)28-18-7-5-4-6-16(18)23-17/h4-11,17,23H,2-3,12-13H2,1H3,(H,22,24). The monoisotopic (exact) mass is 382 g/mol. The van der Waals surface area contributed by atoms with E-state index in [0.717, 1.165) is 12.8 Å². The van der Waals surface area contributed by atoms with Crippen LogP contribution < -0.4 is 15.4 Å². The molecule has 0 bridgehead atoms. The molecule has 0 saturated heterocycles. The van der Waals surface area contributed by atoms with Gasteiger partial charge in [-0.15, -0.1) is 0 Å². The molecule has 0 aliphatic carbocycles. The molecule has 7 nitrogen and oxygen atoms in total. The van der Waals surface area contributed by atoms with Crippen molar-refractivity contribution in [2.24, 2.45) is 0 Å². The summed E-state index contributed by atoms with van der Waals surface area (Å²) >= 11 is 0. The summed E-state index contributed by atoms with van der Waals surface area (Å²) < 4.78 is 10.4. The normalized spacial score (nSPS) is 15.0. The Morgan fingerprint density at radius 3 is 2.64 bits per heavy atom. The van der Waals surface area contributed by atoms with E-state index in [1.165, 1.54) is 0 Å². The van der Waals surface area contributed by atoms with Crippen molar-refractivity contribution in [1.82, 2.24) is 0 Å². The number of amides is 1. The number of carbonyl (C=O) groups excluding carboxylic acids is 3. The molecular weight excluding hydrogens is 360 g/mol. The van der Waals surface area contributed by atoms with E-state index in [1.54, 1.807) is 42.5 Å². The molecule has 0 radical (unpaired) electrons. The van der Waals surface area contributed by atoms with E-state index in [0.29, 0.717) is 29.3 Å². The molecule has 3 rings (SSSR count). The average Bonchev–Trinajstić information content (AvgIpc) is 2.69. The van der Waals surface area contributed by atoms with Crippen molar-refractivity contribution >= 4 is 29.2 Å². The van der Waals surface area contributed by atoms with Crippen LogP contribution in [0, 0.1) is 0 Å². The molecule has 1 heterocycles. The molecule has 1 unspecified atom stereocenters. The van der Waals surface area contributed by atoms with Gasteiger partial charge < -0.3 is 20.1 Å². The van der Waals surface area contributed by atoms with Crippen LogP contribution in [0.2, 0.25) is 0 Å². The Bertz CT molecular complexity index is 863. The van der Waals surface area contributed by atoms with Gasteiger partial charge in [-0.25, -0.2) is 9.59 Å². The van der Waals surface area contributed by atoms with E-state index in [9.17, 15) is 14.4 Å². The Kier molecular flexibility index (Phi) is 6.26. The second-order valence-electron chi connectivity index (χ2n) is 6.43. The van der Waals surface area contributed by atoms with Gasteiger partial charge in [0.25, 0.3) is 0 Å². The SMILES string of the molecule is CCCCOC(=O)c1ccc(NC(=O)CC2Nc3ccccc3OC2=O)cc1. The van der Waals surface area contributed by atoms with Crippen molar-refractivity contribution in [1.29, 1.82) is 0 Å². The Hall–Kier alpha value is -3.35. The fourth-order valence-corrected chi connectivity index (χ4v) is 2.71. The minimum atomic E-state index is -0.761. The Morgan fingerprint density at radius 1 is 1.14 bits per heavy atom. The van der Waals surface area contributed by atoms with Crippen LogP contribution in [0.15, 0.2) is 48.5 Å². The first-order chi connectivity index (χ1) is 13.6. The predicted octanol–water partition coefficient (Wildman–Crippen LogP) is 3.37. The van der Waals surface area contributed by atoms with Gasteiger partial charge in [0.05, 0.1) is 24.3 Å². The summed E-state index contributed by atoms with van der Waals surface area (Å²) in [6.45, 7) is 2.41. The number of hydrogen-bond acceptors (Lipinski definition) is 6. The molecular formula is C21H22N2O5. The summed E-state index contributed by atoms with van der Waals surface area (Å²) in [6, 6.07) is 12.7. The number of para-hydroxylation sites is 2. The average molecular weight is 382 g/mol. The molecule has 0 spiro atoms. The first kappa shape index (κ1) is 19.4. The number of anilines is 2. The number of unbranched alkanes of at least 4 members (excludes halogenated alkanes) is 1. The minimum Gasteiger partial charge on any atom is -0.462 e. The van der Waals surface area contributed by atoms with Crippen molar-refractivity contribution in [2.75, 3.05) is 17.2 Å². The molecule has 0 saturated carbocycles. The summed E-state index contributed by atoms with van der Waals surface area (Å²) in [5.41, 5.74) is 1.62. The lowest BCUT2D eigenvalue weighted by Gasteiger charge is -2.25. The van der Waals surface area contributed by atoms with Gasteiger partial charge >= 0.3 is 11.9 Å². The van der Waals surface area contributed by atoms with Crippen molar-refractivity contribution in [3.63, 3.8) is 0 Å². The van der Waals surface area contributed by atoms with Crippen LogP contribution in [0.25, 0.3) is 0 Å². The van der Waals surface area contributed by atoms with Gasteiger partial charge in [-0.3, -0.25) is 4.79 Å². The Balaban J connectivity index is 1.54. The number of esters is 2. The van der Waals surface area contributed by atoms with Crippen molar-refractivity contribution < 1.29 is 23.9 Å². The number of benzene rings is 2. The van der Waals surface area contributed by atoms with E-state index in [2.05, 4.69) is 10.6 Å². The third-order valence-electron chi connectivity index (χ3n) is 4.24. The lowest BCUT2D eigenvalue weighted by Crippen LogP contribution is -2.39. The third kappa shape index (κ3) is 4.88. The largest absolute Gasteiger partial charge is 0.462 e. The maximum atomic E-state index is 12.3. The van der Waals surface area contributed by atoms with E-state index >= 15 is 0 Å². The van der Waals surface area contributed by atoms with E-state index in [4.69, 9.17) is 9.47 Å². The molecule has 1 aliphatic heterocycles. The quantitative estimate of drug-likeness (QED) is 0.433. The number of ether oxygens (including phenoxy) is 2. The van der Waals surface area contributed by atoms with Crippen molar-refractivity contribution in [2.45, 2.75) is 32.2 Å². The minimum absolute atomic E-state index is 0.0754. The molecule has 28 heavy (non-hydrogen) atoms.